The van der Waals surface area contributed by atoms with E-state index in [-0.39, 0.29) is 11.9 Å². The van der Waals surface area contributed by atoms with Crippen molar-refractivity contribution >= 4 is 28.3 Å². The quantitative estimate of drug-likeness (QED) is 0.871. The van der Waals surface area contributed by atoms with Gasteiger partial charge in [-0.3, -0.25) is 0 Å². The largest absolute Gasteiger partial charge is 0.325 e. The van der Waals surface area contributed by atoms with E-state index in [0.717, 1.165) is 72.8 Å². The molecule has 0 saturated carbocycles. The average molecular weight is 387 g/mol. The van der Waals surface area contributed by atoms with Gasteiger partial charge in [0.2, 0.25) is 0 Å². The summed E-state index contributed by atoms with van der Waals surface area (Å²) < 4.78 is 0. The van der Waals surface area contributed by atoms with Crippen molar-refractivity contribution in [1.82, 2.24) is 24.8 Å². The number of hydrogen-bond donors (Lipinski definition) is 1. The number of anilines is 2. The zero-order valence-electron chi connectivity index (χ0n) is 15.9. The van der Waals surface area contributed by atoms with Crippen LogP contribution in [0.2, 0.25) is 0 Å². The lowest BCUT2D eigenvalue weighted by atomic mass is 10.0. The summed E-state index contributed by atoms with van der Waals surface area (Å²) in [6.07, 6.45) is 6.29. The third-order valence-electron chi connectivity index (χ3n) is 5.22. The van der Waals surface area contributed by atoms with Crippen molar-refractivity contribution in [3.8, 4) is 0 Å². The monoisotopic (exact) mass is 386 g/mol. The summed E-state index contributed by atoms with van der Waals surface area (Å²) in [5.41, 5.74) is 1.01. The van der Waals surface area contributed by atoms with Crippen LogP contribution in [0.15, 0.2) is 12.3 Å². The molecule has 2 aromatic heterocycles. The number of carbonyl (C=O) groups excluding carboxylic acids is 1. The standard InChI is InChI=1S/C19H26N6OS/c1-13-11-20-18(27-13)23-17-10-16(21-14(2)22-17)15-6-9-25(12-15)19(26)24-7-4-3-5-8-24/h10-11,15H,3-9,12H2,1-2H3,(H,20,21,22,23)/t15-/m0/s1. The lowest BCUT2D eigenvalue weighted by molar-refractivity contribution is 0.152. The number of thiazole rings is 1. The van der Waals surface area contributed by atoms with Crippen LogP contribution in [0.1, 0.15) is 48.0 Å². The summed E-state index contributed by atoms with van der Waals surface area (Å²) in [4.78, 5) is 31.4. The van der Waals surface area contributed by atoms with E-state index < -0.39 is 0 Å². The molecular formula is C19H26N6OS. The first-order chi connectivity index (χ1) is 13.1. The predicted octanol–water partition coefficient (Wildman–Crippen LogP) is 3.69. The molecule has 8 heteroatoms. The van der Waals surface area contributed by atoms with Crippen LogP contribution >= 0.6 is 11.3 Å². The molecule has 4 rings (SSSR count). The Labute approximate surface area is 163 Å². The molecule has 2 aliphatic heterocycles. The van der Waals surface area contributed by atoms with Crippen LogP contribution in [0.3, 0.4) is 0 Å². The molecule has 4 heterocycles. The van der Waals surface area contributed by atoms with Crippen LogP contribution in [0.4, 0.5) is 15.7 Å². The number of carbonyl (C=O) groups is 1. The topological polar surface area (TPSA) is 74.2 Å². The van der Waals surface area contributed by atoms with E-state index in [4.69, 9.17) is 0 Å². The molecule has 0 aromatic carbocycles. The summed E-state index contributed by atoms with van der Waals surface area (Å²) in [6.45, 7) is 7.28. The number of rotatable bonds is 3. The molecule has 0 aliphatic carbocycles. The Hall–Kier alpha value is -2.22. The summed E-state index contributed by atoms with van der Waals surface area (Å²) in [5, 5.41) is 4.12. The highest BCUT2D eigenvalue weighted by Crippen LogP contribution is 2.29. The highest BCUT2D eigenvalue weighted by Gasteiger charge is 2.31. The summed E-state index contributed by atoms with van der Waals surface area (Å²) in [6, 6.07) is 2.20. The maximum absolute atomic E-state index is 12.8. The second kappa shape index (κ2) is 7.80. The molecule has 1 atom stereocenters. The molecule has 0 bridgehead atoms. The Morgan fingerprint density at radius 3 is 2.70 bits per heavy atom. The zero-order valence-corrected chi connectivity index (χ0v) is 16.8. The van der Waals surface area contributed by atoms with Crippen LogP contribution < -0.4 is 5.32 Å². The number of nitrogens with one attached hydrogen (secondary N) is 1. The molecule has 2 fully saturated rings. The van der Waals surface area contributed by atoms with Crippen molar-refractivity contribution in [2.75, 3.05) is 31.5 Å². The molecule has 144 valence electrons. The molecule has 7 nitrogen and oxygen atoms in total. The first kappa shape index (κ1) is 18.2. The van der Waals surface area contributed by atoms with Crippen molar-refractivity contribution in [2.45, 2.75) is 45.4 Å². The fraction of sp³-hybridized carbons (Fsp3) is 0.579. The summed E-state index contributed by atoms with van der Waals surface area (Å²) >= 11 is 1.61. The molecule has 2 aromatic rings. The van der Waals surface area contributed by atoms with Gasteiger partial charge in [0.05, 0.1) is 5.69 Å². The minimum absolute atomic E-state index is 0.194. The van der Waals surface area contributed by atoms with Gasteiger partial charge in [0.15, 0.2) is 5.13 Å². The van der Waals surface area contributed by atoms with E-state index in [1.807, 2.05) is 35.9 Å². The molecule has 0 radical (unpaired) electrons. The van der Waals surface area contributed by atoms with Gasteiger partial charge in [-0.25, -0.2) is 19.7 Å². The molecule has 2 saturated heterocycles. The van der Waals surface area contributed by atoms with Gasteiger partial charge >= 0.3 is 6.03 Å². The molecule has 0 unspecified atom stereocenters. The van der Waals surface area contributed by atoms with Crippen molar-refractivity contribution < 1.29 is 4.79 Å². The van der Waals surface area contributed by atoms with Crippen molar-refractivity contribution in [3.05, 3.63) is 28.7 Å². The van der Waals surface area contributed by atoms with Gasteiger partial charge in [0.1, 0.15) is 11.6 Å². The lowest BCUT2D eigenvalue weighted by Crippen LogP contribution is -2.44. The van der Waals surface area contributed by atoms with Crippen LogP contribution in [0, 0.1) is 13.8 Å². The Balaban J connectivity index is 1.44. The third-order valence-corrected chi connectivity index (χ3v) is 6.05. The van der Waals surface area contributed by atoms with E-state index >= 15 is 0 Å². The van der Waals surface area contributed by atoms with Gasteiger partial charge in [-0.2, -0.15) is 0 Å². The van der Waals surface area contributed by atoms with E-state index in [9.17, 15) is 4.79 Å². The maximum atomic E-state index is 12.8. The van der Waals surface area contributed by atoms with E-state index in [0.29, 0.717) is 0 Å². The van der Waals surface area contributed by atoms with Crippen molar-refractivity contribution in [2.24, 2.45) is 0 Å². The van der Waals surface area contributed by atoms with Gasteiger partial charge in [0.25, 0.3) is 0 Å². The summed E-state index contributed by atoms with van der Waals surface area (Å²) in [7, 11) is 0. The fourth-order valence-corrected chi connectivity index (χ4v) is 4.52. The molecular weight excluding hydrogens is 360 g/mol. The highest BCUT2D eigenvalue weighted by atomic mass is 32.1. The molecule has 0 spiro atoms. The Kier molecular flexibility index (Phi) is 5.24. The van der Waals surface area contributed by atoms with E-state index in [1.165, 1.54) is 6.42 Å². The van der Waals surface area contributed by atoms with Crippen molar-refractivity contribution in [3.63, 3.8) is 0 Å². The normalized spacial score (nSPS) is 20.1. The molecule has 1 N–H and O–H groups in total. The predicted molar refractivity (Wildman–Crippen MR) is 107 cm³/mol. The fourth-order valence-electron chi connectivity index (χ4n) is 3.85. The van der Waals surface area contributed by atoms with Gasteiger partial charge < -0.3 is 15.1 Å². The van der Waals surface area contributed by atoms with Gasteiger partial charge in [-0.05, 0) is 39.5 Å². The first-order valence-electron chi connectivity index (χ1n) is 9.67. The smallest absolute Gasteiger partial charge is 0.320 e. The number of aromatic nitrogens is 3. The van der Waals surface area contributed by atoms with Crippen LogP contribution in [0.5, 0.6) is 0 Å². The molecule has 2 amide bonds. The average Bonchev–Trinajstić information content (AvgIpc) is 3.31. The number of urea groups is 1. The number of piperidine rings is 1. The number of amides is 2. The van der Waals surface area contributed by atoms with E-state index in [1.54, 1.807) is 11.3 Å². The van der Waals surface area contributed by atoms with Crippen molar-refractivity contribution in [1.29, 1.82) is 0 Å². The minimum atomic E-state index is 0.194. The second-order valence-electron chi connectivity index (χ2n) is 7.39. The maximum Gasteiger partial charge on any atom is 0.320 e. The third kappa shape index (κ3) is 4.21. The highest BCUT2D eigenvalue weighted by molar-refractivity contribution is 7.15. The first-order valence-corrected chi connectivity index (χ1v) is 10.5. The van der Waals surface area contributed by atoms with Gasteiger partial charge in [-0.15, -0.1) is 11.3 Å². The Bertz CT molecular complexity index is 816. The molecule has 27 heavy (non-hydrogen) atoms. The number of hydrogen-bond acceptors (Lipinski definition) is 6. The Morgan fingerprint density at radius 2 is 1.96 bits per heavy atom. The number of nitrogens with zero attached hydrogens (tertiary/aromatic N) is 5. The van der Waals surface area contributed by atoms with Gasteiger partial charge in [0, 0.05) is 49.2 Å². The zero-order chi connectivity index (χ0) is 18.8. The number of likely N-dealkylation sites (tertiary alicyclic amines) is 2. The minimum Gasteiger partial charge on any atom is -0.325 e. The Morgan fingerprint density at radius 1 is 1.15 bits per heavy atom. The van der Waals surface area contributed by atoms with E-state index in [2.05, 4.69) is 20.3 Å². The van der Waals surface area contributed by atoms with Gasteiger partial charge in [-0.1, -0.05) is 0 Å². The van der Waals surface area contributed by atoms with Crippen LogP contribution in [-0.4, -0.2) is 57.0 Å². The number of aryl methyl sites for hydroxylation is 2. The SMILES string of the molecule is Cc1nc(Nc2ncc(C)s2)cc([C@H]2CCN(C(=O)N3CCCCC3)C2)n1. The van der Waals surface area contributed by atoms with Crippen LogP contribution in [0.25, 0.3) is 0 Å². The lowest BCUT2D eigenvalue weighted by Gasteiger charge is -2.31. The summed E-state index contributed by atoms with van der Waals surface area (Å²) in [5.74, 6) is 1.77. The second-order valence-corrected chi connectivity index (χ2v) is 8.62. The molecule has 2 aliphatic rings. The van der Waals surface area contributed by atoms with Crippen LogP contribution in [-0.2, 0) is 0 Å².